The molecule has 6 rings (SSSR count). The molecule has 0 radical (unpaired) electrons. The second-order valence-electron chi connectivity index (χ2n) is 8.92. The van der Waals surface area contributed by atoms with Gasteiger partial charge in [0.2, 0.25) is 5.56 Å². The van der Waals surface area contributed by atoms with Crippen LogP contribution in [-0.2, 0) is 14.1 Å². The van der Waals surface area contributed by atoms with E-state index in [9.17, 15) is 4.79 Å². The van der Waals surface area contributed by atoms with E-state index in [0.717, 1.165) is 44.5 Å². The number of pyridine rings is 2. The van der Waals surface area contributed by atoms with E-state index in [-0.39, 0.29) is 11.6 Å². The van der Waals surface area contributed by atoms with Gasteiger partial charge >= 0.3 is 0 Å². The molecule has 0 aliphatic carbocycles. The summed E-state index contributed by atoms with van der Waals surface area (Å²) in [5, 5.41) is 4.87. The third kappa shape index (κ3) is 3.90. The molecule has 7 nitrogen and oxygen atoms in total. The Morgan fingerprint density at radius 1 is 0.861 bits per heavy atom. The first-order chi connectivity index (χ1) is 17.6. The van der Waals surface area contributed by atoms with Crippen molar-refractivity contribution in [2.75, 3.05) is 5.32 Å². The molecule has 0 aliphatic rings. The van der Waals surface area contributed by atoms with Crippen molar-refractivity contribution < 1.29 is 0 Å². The van der Waals surface area contributed by atoms with Gasteiger partial charge < -0.3 is 14.5 Å². The van der Waals surface area contributed by atoms with Gasteiger partial charge in [-0.3, -0.25) is 19.7 Å². The van der Waals surface area contributed by atoms with E-state index in [0.29, 0.717) is 0 Å². The summed E-state index contributed by atoms with van der Waals surface area (Å²) in [4.78, 5) is 25.6. The van der Waals surface area contributed by atoms with Gasteiger partial charge in [0, 0.05) is 74.1 Å². The maximum absolute atomic E-state index is 12.0. The molecule has 0 amide bonds. The van der Waals surface area contributed by atoms with Gasteiger partial charge in [-0.15, -0.1) is 0 Å². The minimum atomic E-state index is -0.220. The smallest absolute Gasteiger partial charge is 0.250 e. The second-order valence-corrected chi connectivity index (χ2v) is 8.92. The van der Waals surface area contributed by atoms with Crippen molar-refractivity contribution >= 4 is 27.6 Å². The van der Waals surface area contributed by atoms with Crippen LogP contribution in [0.3, 0.4) is 0 Å². The molecule has 2 aromatic carbocycles. The fourth-order valence-corrected chi connectivity index (χ4v) is 4.67. The average Bonchev–Trinajstić information content (AvgIpc) is 3.29. The van der Waals surface area contributed by atoms with Gasteiger partial charge in [-0.25, -0.2) is 0 Å². The van der Waals surface area contributed by atoms with Crippen LogP contribution in [0.15, 0.2) is 103 Å². The van der Waals surface area contributed by atoms with Gasteiger partial charge in [-0.05, 0) is 58.5 Å². The Morgan fingerprint density at radius 2 is 1.75 bits per heavy atom. The number of anilines is 1. The summed E-state index contributed by atoms with van der Waals surface area (Å²) >= 11 is 0. The van der Waals surface area contributed by atoms with E-state index in [1.165, 1.54) is 5.39 Å². The van der Waals surface area contributed by atoms with Gasteiger partial charge in [0.25, 0.3) is 0 Å². The van der Waals surface area contributed by atoms with Gasteiger partial charge in [-0.1, -0.05) is 18.2 Å². The Labute approximate surface area is 207 Å². The predicted molar refractivity (Wildman–Crippen MR) is 143 cm³/mol. The van der Waals surface area contributed by atoms with Crippen LogP contribution in [0.5, 0.6) is 0 Å². The molecule has 0 saturated carbocycles. The standard InChI is InChI=1S/C29H24N6O/c1-34-13-9-19-5-6-20(14-26(19)34)24-15-23(16-25-29(24)32-12-11-31-25)33-28(21-4-3-10-30-17-21)22-7-8-27(36)35(2)18-22/h3-18,28,33H,1-2H3. The van der Waals surface area contributed by atoms with Crippen LogP contribution in [0, 0.1) is 0 Å². The van der Waals surface area contributed by atoms with Crippen molar-refractivity contribution in [2.24, 2.45) is 14.1 Å². The minimum absolute atomic E-state index is 0.0528. The number of hydrogen-bond acceptors (Lipinski definition) is 5. The van der Waals surface area contributed by atoms with Gasteiger partial charge in [0.15, 0.2) is 0 Å². The molecule has 0 fully saturated rings. The summed E-state index contributed by atoms with van der Waals surface area (Å²) in [5.74, 6) is 0. The Bertz CT molecular complexity index is 1770. The molecule has 4 aromatic heterocycles. The van der Waals surface area contributed by atoms with Gasteiger partial charge in [0.05, 0.1) is 17.1 Å². The topological polar surface area (TPSA) is 77.6 Å². The van der Waals surface area contributed by atoms with Gasteiger partial charge in [-0.2, -0.15) is 0 Å². The molecule has 0 saturated heterocycles. The molecule has 1 atom stereocenters. The number of aromatic nitrogens is 5. The summed E-state index contributed by atoms with van der Waals surface area (Å²) in [7, 11) is 3.81. The quantitative estimate of drug-likeness (QED) is 0.378. The molecule has 176 valence electrons. The SMILES string of the molecule is Cn1cc(C(Nc2cc(-c3ccc4ccn(C)c4c3)c3nccnc3c2)c2cccnc2)ccc1=O. The normalized spacial score (nSPS) is 12.2. The third-order valence-corrected chi connectivity index (χ3v) is 6.54. The first-order valence-electron chi connectivity index (χ1n) is 11.7. The Balaban J connectivity index is 1.50. The fourth-order valence-electron chi connectivity index (χ4n) is 4.67. The van der Waals surface area contributed by atoms with Crippen LogP contribution in [0.25, 0.3) is 33.1 Å². The van der Waals surface area contributed by atoms with E-state index < -0.39 is 0 Å². The van der Waals surface area contributed by atoms with Crippen LogP contribution in [-0.4, -0.2) is 24.1 Å². The molecule has 0 bridgehead atoms. The lowest BCUT2D eigenvalue weighted by Gasteiger charge is -2.22. The molecule has 7 heteroatoms. The number of nitrogens with zero attached hydrogens (tertiary/aromatic N) is 5. The van der Waals surface area contributed by atoms with Crippen molar-refractivity contribution in [3.05, 3.63) is 119 Å². The minimum Gasteiger partial charge on any atom is -0.374 e. The van der Waals surface area contributed by atoms with E-state index >= 15 is 0 Å². The highest BCUT2D eigenvalue weighted by atomic mass is 16.1. The highest BCUT2D eigenvalue weighted by molar-refractivity contribution is 5.97. The van der Waals surface area contributed by atoms with Gasteiger partial charge in [0.1, 0.15) is 0 Å². The number of benzene rings is 2. The Kier molecular flexibility index (Phi) is 5.30. The van der Waals surface area contributed by atoms with E-state index in [1.54, 1.807) is 36.3 Å². The number of aryl methyl sites for hydroxylation is 2. The Morgan fingerprint density at radius 3 is 2.58 bits per heavy atom. The summed E-state index contributed by atoms with van der Waals surface area (Å²) < 4.78 is 3.71. The largest absolute Gasteiger partial charge is 0.374 e. The lowest BCUT2D eigenvalue weighted by atomic mass is 9.99. The zero-order valence-corrected chi connectivity index (χ0v) is 20.0. The maximum atomic E-state index is 12.0. The monoisotopic (exact) mass is 472 g/mol. The van der Waals surface area contributed by atoms with Crippen molar-refractivity contribution in [3.8, 4) is 11.1 Å². The zero-order valence-electron chi connectivity index (χ0n) is 20.0. The zero-order chi connectivity index (χ0) is 24.6. The summed E-state index contributed by atoms with van der Waals surface area (Å²) in [5.41, 5.74) is 7.65. The second kappa shape index (κ2) is 8.78. The van der Waals surface area contributed by atoms with E-state index in [4.69, 9.17) is 0 Å². The molecule has 0 spiro atoms. The van der Waals surface area contributed by atoms with Crippen molar-refractivity contribution in [2.45, 2.75) is 6.04 Å². The maximum Gasteiger partial charge on any atom is 0.250 e. The number of nitrogens with one attached hydrogen (secondary N) is 1. The highest BCUT2D eigenvalue weighted by Crippen LogP contribution is 2.34. The first-order valence-corrected chi connectivity index (χ1v) is 11.7. The lowest BCUT2D eigenvalue weighted by molar-refractivity contribution is 0.818. The molecule has 6 aromatic rings. The lowest BCUT2D eigenvalue weighted by Crippen LogP contribution is -2.19. The molecule has 4 heterocycles. The predicted octanol–water partition coefficient (Wildman–Crippen LogP) is 5.08. The van der Waals surface area contributed by atoms with Crippen LogP contribution in [0.2, 0.25) is 0 Å². The summed E-state index contributed by atoms with van der Waals surface area (Å²) in [6.07, 6.45) is 11.0. The number of rotatable bonds is 5. The summed E-state index contributed by atoms with van der Waals surface area (Å²) in [6, 6.07) is 19.9. The summed E-state index contributed by atoms with van der Waals surface area (Å²) in [6.45, 7) is 0. The fraction of sp³-hybridized carbons (Fsp3) is 0.103. The number of fused-ring (bicyclic) bond motifs is 2. The molecular weight excluding hydrogens is 448 g/mol. The van der Waals surface area contributed by atoms with Crippen molar-refractivity contribution in [1.29, 1.82) is 0 Å². The third-order valence-electron chi connectivity index (χ3n) is 6.54. The average molecular weight is 473 g/mol. The molecule has 1 unspecified atom stereocenters. The number of hydrogen-bond donors (Lipinski definition) is 1. The van der Waals surface area contributed by atoms with Crippen LogP contribution in [0.4, 0.5) is 5.69 Å². The van der Waals surface area contributed by atoms with Crippen LogP contribution in [0.1, 0.15) is 17.2 Å². The molecule has 0 aliphatic heterocycles. The molecular formula is C29H24N6O. The van der Waals surface area contributed by atoms with Crippen molar-refractivity contribution in [1.82, 2.24) is 24.1 Å². The van der Waals surface area contributed by atoms with Crippen LogP contribution < -0.4 is 10.9 Å². The molecule has 1 N–H and O–H groups in total. The Hall–Kier alpha value is -4.78. The molecule has 36 heavy (non-hydrogen) atoms. The van der Waals surface area contributed by atoms with E-state index in [1.807, 2.05) is 43.7 Å². The van der Waals surface area contributed by atoms with Crippen LogP contribution >= 0.6 is 0 Å². The first kappa shape index (κ1) is 21.7. The van der Waals surface area contributed by atoms with Crippen molar-refractivity contribution in [3.63, 3.8) is 0 Å². The van der Waals surface area contributed by atoms with E-state index in [2.05, 4.69) is 61.4 Å². The highest BCUT2D eigenvalue weighted by Gasteiger charge is 2.17.